The van der Waals surface area contributed by atoms with Crippen molar-refractivity contribution in [1.29, 1.82) is 0 Å². The third-order valence-corrected chi connectivity index (χ3v) is 5.30. The average Bonchev–Trinajstić information content (AvgIpc) is 2.88. The maximum Gasteiger partial charge on any atom is 0.0328 e. The van der Waals surface area contributed by atoms with E-state index >= 15 is 0 Å². The van der Waals surface area contributed by atoms with Gasteiger partial charge < -0.3 is 5.73 Å². The predicted octanol–water partition coefficient (Wildman–Crippen LogP) is 4.42. The van der Waals surface area contributed by atoms with Crippen LogP contribution in [0, 0.1) is 40.5 Å². The number of benzene rings is 1. The second kappa shape index (κ2) is 5.05. The van der Waals surface area contributed by atoms with Crippen LogP contribution in [0.25, 0.3) is 0 Å². The van der Waals surface area contributed by atoms with Crippen LogP contribution in [-0.4, -0.2) is 0 Å². The maximum absolute atomic E-state index is 6.59. The summed E-state index contributed by atoms with van der Waals surface area (Å²) >= 11 is 0. The zero-order valence-electron chi connectivity index (χ0n) is 12.6. The minimum Gasteiger partial charge on any atom is -0.324 e. The van der Waals surface area contributed by atoms with Gasteiger partial charge >= 0.3 is 0 Å². The molecule has 0 bridgehead atoms. The van der Waals surface area contributed by atoms with Crippen LogP contribution >= 0.6 is 0 Å². The SMILES string of the molecule is Cc1c(C)c(C)c(C(N)C2CCCC2)c(C)c1C. The minimum absolute atomic E-state index is 0.241. The van der Waals surface area contributed by atoms with Crippen LogP contribution in [0.3, 0.4) is 0 Å². The van der Waals surface area contributed by atoms with Gasteiger partial charge in [0.05, 0.1) is 0 Å². The largest absolute Gasteiger partial charge is 0.324 e. The van der Waals surface area contributed by atoms with Gasteiger partial charge in [-0.2, -0.15) is 0 Å². The van der Waals surface area contributed by atoms with Crippen LogP contribution in [0.2, 0.25) is 0 Å². The number of nitrogens with two attached hydrogens (primary N) is 1. The fraction of sp³-hybridized carbons (Fsp3) is 0.647. The molecule has 1 fully saturated rings. The molecular formula is C17H27N. The lowest BCUT2D eigenvalue weighted by Crippen LogP contribution is -2.22. The van der Waals surface area contributed by atoms with E-state index in [4.69, 9.17) is 5.73 Å². The van der Waals surface area contributed by atoms with Gasteiger partial charge in [-0.05, 0) is 86.8 Å². The monoisotopic (exact) mass is 245 g/mol. The van der Waals surface area contributed by atoms with Crippen LogP contribution in [0.4, 0.5) is 0 Å². The molecule has 1 atom stereocenters. The standard InChI is InChI=1S/C17H27N/c1-10-11(2)13(4)16(14(5)12(10)3)17(18)15-8-6-7-9-15/h15,17H,6-9,18H2,1-5H3. The molecular weight excluding hydrogens is 218 g/mol. The smallest absolute Gasteiger partial charge is 0.0328 e. The molecule has 2 rings (SSSR count). The molecule has 1 heteroatoms. The van der Waals surface area contributed by atoms with Crippen molar-refractivity contribution < 1.29 is 0 Å². The van der Waals surface area contributed by atoms with Crippen molar-refractivity contribution in [3.05, 3.63) is 33.4 Å². The number of hydrogen-bond donors (Lipinski definition) is 1. The highest BCUT2D eigenvalue weighted by molar-refractivity contribution is 5.50. The van der Waals surface area contributed by atoms with Gasteiger partial charge in [-0.15, -0.1) is 0 Å². The van der Waals surface area contributed by atoms with Gasteiger partial charge in [-0.1, -0.05) is 12.8 Å². The summed E-state index contributed by atoms with van der Waals surface area (Å²) in [6, 6.07) is 0.241. The molecule has 1 aliphatic rings. The van der Waals surface area contributed by atoms with E-state index in [9.17, 15) is 0 Å². The second-order valence-electron chi connectivity index (χ2n) is 6.11. The van der Waals surface area contributed by atoms with Gasteiger partial charge in [-0.3, -0.25) is 0 Å². The van der Waals surface area contributed by atoms with Crippen LogP contribution in [0.1, 0.15) is 65.1 Å². The molecule has 1 saturated carbocycles. The molecule has 0 radical (unpaired) electrons. The van der Waals surface area contributed by atoms with Crippen molar-refractivity contribution in [3.63, 3.8) is 0 Å². The highest BCUT2D eigenvalue weighted by atomic mass is 14.7. The first-order chi connectivity index (χ1) is 8.45. The molecule has 18 heavy (non-hydrogen) atoms. The predicted molar refractivity (Wildman–Crippen MR) is 79.0 cm³/mol. The molecule has 1 nitrogen and oxygen atoms in total. The van der Waals surface area contributed by atoms with Gasteiger partial charge in [0.25, 0.3) is 0 Å². The maximum atomic E-state index is 6.59. The summed E-state index contributed by atoms with van der Waals surface area (Å²) in [6.07, 6.45) is 5.35. The molecule has 0 amide bonds. The fourth-order valence-electron chi connectivity index (χ4n) is 3.58. The summed E-state index contributed by atoms with van der Waals surface area (Å²) in [5.74, 6) is 0.698. The number of hydrogen-bond acceptors (Lipinski definition) is 1. The van der Waals surface area contributed by atoms with Crippen LogP contribution in [-0.2, 0) is 0 Å². The van der Waals surface area contributed by atoms with Crippen molar-refractivity contribution in [1.82, 2.24) is 0 Å². The average molecular weight is 245 g/mol. The van der Waals surface area contributed by atoms with E-state index < -0.39 is 0 Å². The molecule has 1 aliphatic carbocycles. The van der Waals surface area contributed by atoms with Gasteiger partial charge in [0.2, 0.25) is 0 Å². The molecule has 0 saturated heterocycles. The Morgan fingerprint density at radius 2 is 1.17 bits per heavy atom. The van der Waals surface area contributed by atoms with Crippen LogP contribution < -0.4 is 5.73 Å². The van der Waals surface area contributed by atoms with Gasteiger partial charge in [0, 0.05) is 6.04 Å². The van der Waals surface area contributed by atoms with Crippen molar-refractivity contribution in [2.75, 3.05) is 0 Å². The van der Waals surface area contributed by atoms with Gasteiger partial charge in [0.15, 0.2) is 0 Å². The normalized spacial score (nSPS) is 18.3. The Hall–Kier alpha value is -0.820. The summed E-state index contributed by atoms with van der Waals surface area (Å²) in [5.41, 5.74) is 15.2. The second-order valence-corrected chi connectivity index (χ2v) is 6.11. The molecule has 1 aromatic rings. The van der Waals surface area contributed by atoms with Crippen molar-refractivity contribution in [3.8, 4) is 0 Å². The minimum atomic E-state index is 0.241. The third-order valence-electron chi connectivity index (χ3n) is 5.30. The summed E-state index contributed by atoms with van der Waals surface area (Å²) in [6.45, 7) is 11.2. The molecule has 1 aromatic carbocycles. The highest BCUT2D eigenvalue weighted by Gasteiger charge is 2.26. The first-order valence-corrected chi connectivity index (χ1v) is 7.27. The summed E-state index contributed by atoms with van der Waals surface area (Å²) < 4.78 is 0. The van der Waals surface area contributed by atoms with Crippen molar-refractivity contribution in [2.45, 2.75) is 66.3 Å². The summed E-state index contributed by atoms with van der Waals surface area (Å²) in [4.78, 5) is 0. The molecule has 0 aromatic heterocycles. The van der Waals surface area contributed by atoms with E-state index in [1.54, 1.807) is 0 Å². The lowest BCUT2D eigenvalue weighted by Gasteiger charge is -2.27. The Bertz CT molecular complexity index is 424. The van der Waals surface area contributed by atoms with E-state index in [1.165, 1.54) is 59.1 Å². The van der Waals surface area contributed by atoms with Crippen molar-refractivity contribution >= 4 is 0 Å². The highest BCUT2D eigenvalue weighted by Crippen LogP contribution is 2.38. The quantitative estimate of drug-likeness (QED) is 0.820. The first-order valence-electron chi connectivity index (χ1n) is 7.27. The fourth-order valence-corrected chi connectivity index (χ4v) is 3.58. The molecule has 0 aliphatic heterocycles. The van der Waals surface area contributed by atoms with E-state index in [0.717, 1.165) is 0 Å². The zero-order valence-corrected chi connectivity index (χ0v) is 12.6. The Kier molecular flexibility index (Phi) is 3.82. The first kappa shape index (κ1) is 13.6. The number of rotatable bonds is 2. The topological polar surface area (TPSA) is 26.0 Å². The van der Waals surface area contributed by atoms with E-state index in [1.807, 2.05) is 0 Å². The summed E-state index contributed by atoms with van der Waals surface area (Å²) in [5, 5.41) is 0. The molecule has 100 valence electrons. The van der Waals surface area contributed by atoms with E-state index in [0.29, 0.717) is 5.92 Å². The Morgan fingerprint density at radius 3 is 1.61 bits per heavy atom. The third kappa shape index (κ3) is 2.09. The lowest BCUT2D eigenvalue weighted by atomic mass is 9.82. The molecule has 2 N–H and O–H groups in total. The Balaban J connectivity index is 2.49. The summed E-state index contributed by atoms with van der Waals surface area (Å²) in [7, 11) is 0. The van der Waals surface area contributed by atoms with E-state index in [-0.39, 0.29) is 6.04 Å². The van der Waals surface area contributed by atoms with Gasteiger partial charge in [-0.25, -0.2) is 0 Å². The molecule has 0 heterocycles. The Labute approximate surface area is 112 Å². The van der Waals surface area contributed by atoms with Crippen LogP contribution in [0.15, 0.2) is 0 Å². The zero-order chi connectivity index (χ0) is 13.4. The van der Waals surface area contributed by atoms with Gasteiger partial charge in [0.1, 0.15) is 0 Å². The lowest BCUT2D eigenvalue weighted by molar-refractivity contribution is 0.441. The van der Waals surface area contributed by atoms with Crippen molar-refractivity contribution in [2.24, 2.45) is 11.7 Å². The van der Waals surface area contributed by atoms with E-state index in [2.05, 4.69) is 34.6 Å². The molecule has 1 unspecified atom stereocenters. The van der Waals surface area contributed by atoms with Crippen LogP contribution in [0.5, 0.6) is 0 Å². The Morgan fingerprint density at radius 1 is 0.778 bits per heavy atom. The molecule has 0 spiro atoms.